The predicted octanol–water partition coefficient (Wildman–Crippen LogP) is 4.90. The fourth-order valence-electron chi connectivity index (χ4n) is 1.71. The molecule has 5 heteroatoms. The molecule has 2 aromatic rings. The fourth-order valence-corrected chi connectivity index (χ4v) is 2.28. The maximum atomic E-state index is 9.51. The summed E-state index contributed by atoms with van der Waals surface area (Å²) >= 11 is 15.3. The molecule has 0 bridgehead atoms. The second-order valence-corrected chi connectivity index (χ2v) is 5.79. The number of anilines is 1. The molecule has 2 aromatic carbocycles. The van der Waals surface area contributed by atoms with Gasteiger partial charge >= 0.3 is 0 Å². The quantitative estimate of drug-likeness (QED) is 0.812. The fraction of sp³-hybridized carbons (Fsp3) is 0.143. The van der Waals surface area contributed by atoms with Gasteiger partial charge in [-0.05, 0) is 42.0 Å². The summed E-state index contributed by atoms with van der Waals surface area (Å²) in [5, 5.41) is 13.7. The van der Waals surface area contributed by atoms with E-state index >= 15 is 0 Å². The van der Waals surface area contributed by atoms with Gasteiger partial charge in [0.1, 0.15) is 0 Å². The molecular formula is C14H12BrCl2NO. The third-order valence-electron chi connectivity index (χ3n) is 2.71. The summed E-state index contributed by atoms with van der Waals surface area (Å²) < 4.78 is 1.01. The second-order valence-electron chi connectivity index (χ2n) is 4.06. The van der Waals surface area contributed by atoms with Crippen molar-refractivity contribution in [2.45, 2.75) is 6.04 Å². The van der Waals surface area contributed by atoms with E-state index in [1.165, 1.54) is 0 Å². The van der Waals surface area contributed by atoms with Gasteiger partial charge in [-0.25, -0.2) is 0 Å². The number of hydrogen-bond donors (Lipinski definition) is 2. The highest BCUT2D eigenvalue weighted by molar-refractivity contribution is 9.10. The molecule has 0 aromatic heterocycles. The number of nitrogens with one attached hydrogen (secondary N) is 1. The van der Waals surface area contributed by atoms with Crippen molar-refractivity contribution in [3.8, 4) is 0 Å². The van der Waals surface area contributed by atoms with Crippen molar-refractivity contribution < 1.29 is 5.11 Å². The third-order valence-corrected chi connectivity index (χ3v) is 3.98. The Hall–Kier alpha value is -0.740. The number of aliphatic hydroxyl groups is 1. The highest BCUT2D eigenvalue weighted by Crippen LogP contribution is 2.27. The van der Waals surface area contributed by atoms with E-state index < -0.39 is 0 Å². The molecule has 2 N–H and O–H groups in total. The Morgan fingerprint density at radius 3 is 2.32 bits per heavy atom. The van der Waals surface area contributed by atoms with Crippen LogP contribution in [0, 0.1) is 0 Å². The van der Waals surface area contributed by atoms with Crippen molar-refractivity contribution in [2.24, 2.45) is 0 Å². The number of benzene rings is 2. The van der Waals surface area contributed by atoms with Crippen LogP contribution < -0.4 is 5.32 Å². The van der Waals surface area contributed by atoms with Crippen LogP contribution in [0.15, 0.2) is 46.9 Å². The Morgan fingerprint density at radius 1 is 1.05 bits per heavy atom. The van der Waals surface area contributed by atoms with Gasteiger partial charge in [0.25, 0.3) is 0 Å². The van der Waals surface area contributed by atoms with E-state index in [2.05, 4.69) is 21.2 Å². The van der Waals surface area contributed by atoms with Crippen molar-refractivity contribution >= 4 is 44.8 Å². The molecule has 0 fully saturated rings. The molecule has 2 rings (SSSR count). The van der Waals surface area contributed by atoms with Crippen LogP contribution in [0.25, 0.3) is 0 Å². The summed E-state index contributed by atoms with van der Waals surface area (Å²) in [5.41, 5.74) is 1.81. The van der Waals surface area contributed by atoms with Gasteiger partial charge in [0.05, 0.1) is 22.7 Å². The smallest absolute Gasteiger partial charge is 0.0745 e. The standard InChI is InChI=1S/C14H12BrCl2NO/c15-10-2-4-11(5-3-10)18-14(8-19)9-1-6-12(16)13(17)7-9/h1-7,14,18-19H,8H2. The van der Waals surface area contributed by atoms with Crippen LogP contribution >= 0.6 is 39.1 Å². The summed E-state index contributed by atoms with van der Waals surface area (Å²) in [4.78, 5) is 0. The van der Waals surface area contributed by atoms with Crippen LogP contribution in [-0.2, 0) is 0 Å². The van der Waals surface area contributed by atoms with E-state index in [0.29, 0.717) is 10.0 Å². The van der Waals surface area contributed by atoms with Crippen molar-refractivity contribution in [1.82, 2.24) is 0 Å². The van der Waals surface area contributed by atoms with Gasteiger partial charge in [0, 0.05) is 10.2 Å². The molecule has 0 saturated carbocycles. The first kappa shape index (κ1) is 14.7. The minimum atomic E-state index is -0.226. The zero-order valence-electron chi connectivity index (χ0n) is 9.91. The van der Waals surface area contributed by atoms with Gasteiger partial charge in [0.2, 0.25) is 0 Å². The molecule has 1 atom stereocenters. The largest absolute Gasteiger partial charge is 0.394 e. The molecule has 100 valence electrons. The summed E-state index contributed by atoms with van der Waals surface area (Å²) in [7, 11) is 0. The molecule has 0 spiro atoms. The van der Waals surface area contributed by atoms with Crippen molar-refractivity contribution in [1.29, 1.82) is 0 Å². The van der Waals surface area contributed by atoms with Gasteiger partial charge in [-0.15, -0.1) is 0 Å². The molecule has 0 saturated heterocycles. The van der Waals surface area contributed by atoms with Gasteiger partial charge in [-0.2, -0.15) is 0 Å². The average molecular weight is 361 g/mol. The van der Waals surface area contributed by atoms with Crippen LogP contribution in [0.1, 0.15) is 11.6 Å². The van der Waals surface area contributed by atoms with Crippen LogP contribution in [0.4, 0.5) is 5.69 Å². The lowest BCUT2D eigenvalue weighted by atomic mass is 10.1. The van der Waals surface area contributed by atoms with E-state index in [0.717, 1.165) is 15.7 Å². The summed E-state index contributed by atoms with van der Waals surface area (Å²) in [6, 6.07) is 12.9. The highest BCUT2D eigenvalue weighted by atomic mass is 79.9. The first-order chi connectivity index (χ1) is 9.10. The molecule has 0 radical (unpaired) electrons. The van der Waals surface area contributed by atoms with Crippen molar-refractivity contribution in [3.63, 3.8) is 0 Å². The minimum Gasteiger partial charge on any atom is -0.394 e. The number of aliphatic hydroxyl groups excluding tert-OH is 1. The van der Waals surface area contributed by atoms with Gasteiger partial charge in [-0.3, -0.25) is 0 Å². The van der Waals surface area contributed by atoms with E-state index in [-0.39, 0.29) is 12.6 Å². The highest BCUT2D eigenvalue weighted by Gasteiger charge is 2.11. The van der Waals surface area contributed by atoms with Crippen molar-refractivity contribution in [3.05, 3.63) is 62.5 Å². The molecule has 0 aliphatic carbocycles. The topological polar surface area (TPSA) is 32.3 Å². The zero-order chi connectivity index (χ0) is 13.8. The van der Waals surface area contributed by atoms with Crippen molar-refractivity contribution in [2.75, 3.05) is 11.9 Å². The van der Waals surface area contributed by atoms with Gasteiger partial charge in [0.15, 0.2) is 0 Å². The molecular weight excluding hydrogens is 349 g/mol. The lowest BCUT2D eigenvalue weighted by molar-refractivity contribution is 0.276. The maximum absolute atomic E-state index is 9.51. The number of hydrogen-bond acceptors (Lipinski definition) is 2. The van der Waals surface area contributed by atoms with Gasteiger partial charge < -0.3 is 10.4 Å². The summed E-state index contributed by atoms with van der Waals surface area (Å²) in [6.07, 6.45) is 0. The van der Waals surface area contributed by atoms with Crippen LogP contribution in [0.2, 0.25) is 10.0 Å². The van der Waals surface area contributed by atoms with E-state index in [4.69, 9.17) is 23.2 Å². The Kier molecular flexibility index (Phi) is 5.11. The first-order valence-electron chi connectivity index (χ1n) is 5.68. The Labute approximate surface area is 130 Å². The SMILES string of the molecule is OCC(Nc1ccc(Br)cc1)c1ccc(Cl)c(Cl)c1. The normalized spacial score (nSPS) is 12.2. The van der Waals surface area contributed by atoms with E-state index in [9.17, 15) is 5.11 Å². The maximum Gasteiger partial charge on any atom is 0.0745 e. The minimum absolute atomic E-state index is 0.0337. The summed E-state index contributed by atoms with van der Waals surface area (Å²) in [6.45, 7) is -0.0337. The number of rotatable bonds is 4. The first-order valence-corrected chi connectivity index (χ1v) is 7.23. The summed E-state index contributed by atoms with van der Waals surface area (Å²) in [5.74, 6) is 0. The second kappa shape index (κ2) is 6.62. The molecule has 1 unspecified atom stereocenters. The Balaban J connectivity index is 2.19. The van der Waals surface area contributed by atoms with E-state index in [1.807, 2.05) is 30.3 Å². The van der Waals surface area contributed by atoms with E-state index in [1.54, 1.807) is 12.1 Å². The molecule has 0 amide bonds. The van der Waals surface area contributed by atoms with Crippen LogP contribution in [0.3, 0.4) is 0 Å². The molecule has 0 aliphatic heterocycles. The predicted molar refractivity (Wildman–Crippen MR) is 84.1 cm³/mol. The molecule has 19 heavy (non-hydrogen) atoms. The molecule has 0 aliphatic rings. The monoisotopic (exact) mass is 359 g/mol. The Morgan fingerprint density at radius 2 is 1.74 bits per heavy atom. The lowest BCUT2D eigenvalue weighted by Gasteiger charge is -2.18. The van der Waals surface area contributed by atoms with Crippen LogP contribution in [0.5, 0.6) is 0 Å². The molecule has 2 nitrogen and oxygen atoms in total. The van der Waals surface area contributed by atoms with Crippen LogP contribution in [-0.4, -0.2) is 11.7 Å². The zero-order valence-corrected chi connectivity index (χ0v) is 13.0. The third kappa shape index (κ3) is 3.86. The Bertz CT molecular complexity index is 560. The van der Waals surface area contributed by atoms with Gasteiger partial charge in [-0.1, -0.05) is 45.2 Å². The average Bonchev–Trinajstić information content (AvgIpc) is 2.41. The number of halogens is 3. The molecule has 0 heterocycles. The lowest BCUT2D eigenvalue weighted by Crippen LogP contribution is -2.14.